The van der Waals surface area contributed by atoms with Gasteiger partial charge in [0, 0.05) is 6.42 Å². The first-order valence-electron chi connectivity index (χ1n) is 6.31. The van der Waals surface area contributed by atoms with Gasteiger partial charge in [-0.2, -0.15) is 0 Å². The van der Waals surface area contributed by atoms with Gasteiger partial charge in [0.05, 0.1) is 5.92 Å². The summed E-state index contributed by atoms with van der Waals surface area (Å²) in [5.74, 6) is 2.69. The zero-order valence-electron chi connectivity index (χ0n) is 11.0. The van der Waals surface area contributed by atoms with Crippen molar-refractivity contribution in [1.29, 1.82) is 0 Å². The second kappa shape index (κ2) is 6.02. The molecule has 0 radical (unpaired) electrons. The Hall–Kier alpha value is -2.33. The van der Waals surface area contributed by atoms with Gasteiger partial charge in [0.2, 0.25) is 0 Å². The van der Waals surface area contributed by atoms with Crippen LogP contribution in [0.15, 0.2) is 54.6 Å². The van der Waals surface area contributed by atoms with E-state index in [4.69, 9.17) is 6.42 Å². The molecule has 1 heteroatoms. The summed E-state index contributed by atoms with van der Waals surface area (Å²) in [5, 5.41) is 0. The van der Waals surface area contributed by atoms with Gasteiger partial charge in [-0.25, -0.2) is 0 Å². The number of carbonyl (C=O) groups excluding carboxylic acids is 1. The number of ketones is 1. The van der Waals surface area contributed by atoms with Crippen molar-refractivity contribution in [3.63, 3.8) is 0 Å². The highest BCUT2D eigenvalue weighted by Gasteiger charge is 2.10. The number of terminal acetylenes is 1. The Balaban J connectivity index is 2.23. The standard InChI is InChI=1S/C18H16O/c1-3-15(13-14(2)19)17-9-11-18(12-10-17)16-7-5-4-6-8-16/h1,4-12,15H,13H2,2H3/t15-/m0/s1. The van der Waals surface area contributed by atoms with Gasteiger partial charge in [0.15, 0.2) is 0 Å². The number of rotatable bonds is 4. The fourth-order valence-corrected chi connectivity index (χ4v) is 2.10. The average molecular weight is 248 g/mol. The summed E-state index contributed by atoms with van der Waals surface area (Å²) in [4.78, 5) is 11.2. The molecule has 0 spiro atoms. The van der Waals surface area contributed by atoms with E-state index in [0.29, 0.717) is 6.42 Å². The molecule has 0 fully saturated rings. The smallest absolute Gasteiger partial charge is 0.131 e. The molecule has 19 heavy (non-hydrogen) atoms. The Morgan fingerprint density at radius 1 is 1.05 bits per heavy atom. The summed E-state index contributed by atoms with van der Waals surface area (Å²) in [5.41, 5.74) is 3.36. The zero-order chi connectivity index (χ0) is 13.7. The van der Waals surface area contributed by atoms with E-state index in [1.165, 1.54) is 5.56 Å². The second-order valence-electron chi connectivity index (χ2n) is 4.61. The number of hydrogen-bond donors (Lipinski definition) is 0. The zero-order valence-corrected chi connectivity index (χ0v) is 11.0. The molecule has 0 N–H and O–H groups in total. The predicted molar refractivity (Wildman–Crippen MR) is 78.8 cm³/mol. The van der Waals surface area contributed by atoms with Crippen LogP contribution in [0, 0.1) is 12.3 Å². The van der Waals surface area contributed by atoms with Crippen LogP contribution in [0.5, 0.6) is 0 Å². The molecular formula is C18H16O. The van der Waals surface area contributed by atoms with Crippen LogP contribution in [-0.4, -0.2) is 5.78 Å². The van der Waals surface area contributed by atoms with Crippen molar-refractivity contribution in [1.82, 2.24) is 0 Å². The normalized spacial score (nSPS) is 11.6. The van der Waals surface area contributed by atoms with Crippen LogP contribution in [-0.2, 0) is 4.79 Å². The van der Waals surface area contributed by atoms with Crippen molar-refractivity contribution in [2.24, 2.45) is 0 Å². The largest absolute Gasteiger partial charge is 0.300 e. The van der Waals surface area contributed by atoms with E-state index in [9.17, 15) is 4.79 Å². The Morgan fingerprint density at radius 3 is 2.16 bits per heavy atom. The van der Waals surface area contributed by atoms with Crippen LogP contribution in [0.3, 0.4) is 0 Å². The summed E-state index contributed by atoms with van der Waals surface area (Å²) in [6.45, 7) is 1.57. The first-order chi connectivity index (χ1) is 9.20. The Labute approximate surface area is 114 Å². The predicted octanol–water partition coefficient (Wildman–Crippen LogP) is 4.05. The fraction of sp³-hybridized carbons (Fsp3) is 0.167. The van der Waals surface area contributed by atoms with Gasteiger partial charge in [-0.1, -0.05) is 60.5 Å². The molecule has 0 aliphatic carbocycles. The van der Waals surface area contributed by atoms with E-state index >= 15 is 0 Å². The van der Waals surface area contributed by atoms with Gasteiger partial charge in [-0.3, -0.25) is 4.79 Å². The van der Waals surface area contributed by atoms with Crippen LogP contribution >= 0.6 is 0 Å². The molecule has 0 heterocycles. The Morgan fingerprint density at radius 2 is 1.63 bits per heavy atom. The molecule has 1 atom stereocenters. The van der Waals surface area contributed by atoms with E-state index in [1.807, 2.05) is 30.3 Å². The van der Waals surface area contributed by atoms with E-state index in [2.05, 4.69) is 30.2 Å². The molecule has 0 aliphatic heterocycles. The third-order valence-corrected chi connectivity index (χ3v) is 3.11. The van der Waals surface area contributed by atoms with Crippen molar-refractivity contribution >= 4 is 5.78 Å². The van der Waals surface area contributed by atoms with Gasteiger partial charge in [-0.05, 0) is 23.6 Å². The molecule has 2 aromatic rings. The molecule has 0 bridgehead atoms. The van der Waals surface area contributed by atoms with Gasteiger partial charge < -0.3 is 0 Å². The van der Waals surface area contributed by atoms with Crippen molar-refractivity contribution in [3.05, 3.63) is 60.2 Å². The minimum Gasteiger partial charge on any atom is -0.300 e. The molecule has 2 aromatic carbocycles. The van der Waals surface area contributed by atoms with E-state index in [1.54, 1.807) is 6.92 Å². The number of hydrogen-bond acceptors (Lipinski definition) is 1. The minimum atomic E-state index is -0.123. The lowest BCUT2D eigenvalue weighted by molar-refractivity contribution is -0.117. The summed E-state index contributed by atoms with van der Waals surface area (Å²) in [6, 6.07) is 18.3. The van der Waals surface area contributed by atoms with Crippen LogP contribution in [0.2, 0.25) is 0 Å². The highest BCUT2D eigenvalue weighted by atomic mass is 16.1. The van der Waals surface area contributed by atoms with Crippen molar-refractivity contribution in [3.8, 4) is 23.5 Å². The van der Waals surface area contributed by atoms with E-state index in [0.717, 1.165) is 11.1 Å². The van der Waals surface area contributed by atoms with E-state index in [-0.39, 0.29) is 11.7 Å². The highest BCUT2D eigenvalue weighted by molar-refractivity contribution is 5.77. The van der Waals surface area contributed by atoms with Crippen LogP contribution in [0.25, 0.3) is 11.1 Å². The SMILES string of the molecule is C#C[C@@H](CC(C)=O)c1ccc(-c2ccccc2)cc1. The van der Waals surface area contributed by atoms with Crippen molar-refractivity contribution in [2.75, 3.05) is 0 Å². The minimum absolute atomic E-state index is 0.120. The molecular weight excluding hydrogens is 232 g/mol. The number of carbonyl (C=O) groups is 1. The molecule has 1 nitrogen and oxygen atoms in total. The number of benzene rings is 2. The third kappa shape index (κ3) is 3.33. The maximum absolute atomic E-state index is 11.2. The first-order valence-corrected chi connectivity index (χ1v) is 6.31. The van der Waals surface area contributed by atoms with Gasteiger partial charge in [-0.15, -0.1) is 6.42 Å². The van der Waals surface area contributed by atoms with Gasteiger partial charge in [0.25, 0.3) is 0 Å². The summed E-state index contributed by atoms with van der Waals surface area (Å²) in [7, 11) is 0. The molecule has 0 amide bonds. The third-order valence-electron chi connectivity index (χ3n) is 3.11. The molecule has 0 aliphatic rings. The lowest BCUT2D eigenvalue weighted by atomic mass is 9.93. The second-order valence-corrected chi connectivity index (χ2v) is 4.61. The van der Waals surface area contributed by atoms with Gasteiger partial charge in [0.1, 0.15) is 5.78 Å². The summed E-state index contributed by atoms with van der Waals surface area (Å²) in [6.07, 6.45) is 5.90. The topological polar surface area (TPSA) is 17.1 Å². The Kier molecular flexibility index (Phi) is 4.15. The fourth-order valence-electron chi connectivity index (χ4n) is 2.10. The Bertz CT molecular complexity index is 588. The summed E-state index contributed by atoms with van der Waals surface area (Å²) < 4.78 is 0. The van der Waals surface area contributed by atoms with Crippen molar-refractivity contribution in [2.45, 2.75) is 19.3 Å². The quantitative estimate of drug-likeness (QED) is 0.746. The lowest BCUT2D eigenvalue weighted by Gasteiger charge is -2.10. The maximum atomic E-state index is 11.2. The average Bonchev–Trinajstić information content (AvgIpc) is 2.46. The molecule has 0 saturated heterocycles. The molecule has 0 aromatic heterocycles. The highest BCUT2D eigenvalue weighted by Crippen LogP contribution is 2.24. The van der Waals surface area contributed by atoms with E-state index < -0.39 is 0 Å². The maximum Gasteiger partial charge on any atom is 0.131 e. The number of Topliss-reactive ketones (excluding diaryl/α,β-unsaturated/α-hetero) is 1. The molecule has 94 valence electrons. The van der Waals surface area contributed by atoms with Crippen molar-refractivity contribution < 1.29 is 4.79 Å². The molecule has 2 rings (SSSR count). The lowest BCUT2D eigenvalue weighted by Crippen LogP contribution is -2.01. The summed E-state index contributed by atoms with van der Waals surface area (Å²) >= 11 is 0. The first kappa shape index (κ1) is 13.1. The van der Waals surface area contributed by atoms with Crippen LogP contribution in [0.4, 0.5) is 0 Å². The molecule has 0 saturated carbocycles. The monoisotopic (exact) mass is 248 g/mol. The molecule has 0 unspecified atom stereocenters. The van der Waals surface area contributed by atoms with Gasteiger partial charge >= 0.3 is 0 Å². The van der Waals surface area contributed by atoms with Crippen LogP contribution < -0.4 is 0 Å². The van der Waals surface area contributed by atoms with Crippen LogP contribution in [0.1, 0.15) is 24.8 Å².